The van der Waals surface area contributed by atoms with Crippen molar-refractivity contribution >= 4 is 55.1 Å². The number of nitrogens with zero attached hydrogens (tertiary/aromatic N) is 2. The van der Waals surface area contributed by atoms with Gasteiger partial charge in [0, 0.05) is 41.5 Å². The van der Waals surface area contributed by atoms with Crippen molar-refractivity contribution in [2.45, 2.75) is 65.1 Å². The highest BCUT2D eigenvalue weighted by Gasteiger charge is 2.31. The Morgan fingerprint density at radius 2 is 1.69 bits per heavy atom. The predicted molar refractivity (Wildman–Crippen MR) is 174 cm³/mol. The van der Waals surface area contributed by atoms with Crippen LogP contribution in [0.25, 0.3) is 0 Å². The predicted octanol–water partition coefficient (Wildman–Crippen LogP) is 6.51. The summed E-state index contributed by atoms with van der Waals surface area (Å²) >= 11 is 9.68. The minimum absolute atomic E-state index is 0.0529. The summed E-state index contributed by atoms with van der Waals surface area (Å²) in [5, 5.41) is 3.49. The van der Waals surface area contributed by atoms with E-state index in [-0.39, 0.29) is 43.8 Å². The van der Waals surface area contributed by atoms with Crippen molar-refractivity contribution in [2.24, 2.45) is 0 Å². The molecular weight excluding hydrogens is 638 g/mol. The fourth-order valence-corrected chi connectivity index (χ4v) is 6.29. The molecule has 0 fully saturated rings. The second-order valence-electron chi connectivity index (χ2n) is 10.5. The Labute approximate surface area is 263 Å². The SMILES string of the molecule is CCC(C)NC(=O)C(Cc1ccccc1)N(Cc1cccc(Br)c1)C(=O)CCCN(c1cc(Cl)ccc1C)S(C)(=O)=O. The lowest BCUT2D eigenvalue weighted by molar-refractivity contribution is -0.141. The Bertz CT molecular complexity index is 1470. The summed E-state index contributed by atoms with van der Waals surface area (Å²) in [6, 6.07) is 21.6. The van der Waals surface area contributed by atoms with Gasteiger partial charge in [0.2, 0.25) is 21.8 Å². The first-order chi connectivity index (χ1) is 19.9. The largest absolute Gasteiger partial charge is 0.352 e. The van der Waals surface area contributed by atoms with E-state index in [2.05, 4.69) is 21.2 Å². The van der Waals surface area contributed by atoms with Crippen LogP contribution < -0.4 is 9.62 Å². The summed E-state index contributed by atoms with van der Waals surface area (Å²) < 4.78 is 27.6. The highest BCUT2D eigenvalue weighted by Crippen LogP contribution is 2.27. The Kier molecular flexibility index (Phi) is 12.4. The van der Waals surface area contributed by atoms with Crippen molar-refractivity contribution in [3.05, 3.63) is 99.0 Å². The van der Waals surface area contributed by atoms with Crippen LogP contribution in [0.2, 0.25) is 5.02 Å². The zero-order valence-electron chi connectivity index (χ0n) is 24.5. The van der Waals surface area contributed by atoms with Crippen LogP contribution >= 0.6 is 27.5 Å². The van der Waals surface area contributed by atoms with Crippen molar-refractivity contribution in [3.8, 4) is 0 Å². The zero-order valence-corrected chi connectivity index (χ0v) is 27.7. The maximum absolute atomic E-state index is 14.0. The van der Waals surface area contributed by atoms with E-state index in [1.54, 1.807) is 23.1 Å². The second kappa shape index (κ2) is 15.5. The monoisotopic (exact) mass is 675 g/mol. The van der Waals surface area contributed by atoms with Gasteiger partial charge in [-0.2, -0.15) is 0 Å². The third kappa shape index (κ3) is 9.85. The summed E-state index contributed by atoms with van der Waals surface area (Å²) in [5.74, 6) is -0.449. The van der Waals surface area contributed by atoms with Gasteiger partial charge < -0.3 is 10.2 Å². The van der Waals surface area contributed by atoms with Gasteiger partial charge in [-0.15, -0.1) is 0 Å². The summed E-state index contributed by atoms with van der Waals surface area (Å²) in [6.07, 6.45) is 2.57. The van der Waals surface area contributed by atoms with Gasteiger partial charge in [-0.25, -0.2) is 8.42 Å². The van der Waals surface area contributed by atoms with Crippen molar-refractivity contribution in [1.29, 1.82) is 0 Å². The first kappa shape index (κ1) is 33.6. The maximum Gasteiger partial charge on any atom is 0.243 e. The number of benzene rings is 3. The third-order valence-electron chi connectivity index (χ3n) is 7.11. The van der Waals surface area contributed by atoms with Gasteiger partial charge in [-0.1, -0.05) is 83.0 Å². The molecule has 42 heavy (non-hydrogen) atoms. The van der Waals surface area contributed by atoms with Gasteiger partial charge >= 0.3 is 0 Å². The van der Waals surface area contributed by atoms with E-state index >= 15 is 0 Å². The average molecular weight is 677 g/mol. The maximum atomic E-state index is 14.0. The summed E-state index contributed by atoms with van der Waals surface area (Å²) in [7, 11) is -3.64. The lowest BCUT2D eigenvalue weighted by Crippen LogP contribution is -2.52. The molecule has 0 aliphatic heterocycles. The zero-order chi connectivity index (χ0) is 30.9. The van der Waals surface area contributed by atoms with E-state index < -0.39 is 16.1 Å². The van der Waals surface area contributed by atoms with Crippen LogP contribution in [-0.2, 0) is 32.6 Å². The van der Waals surface area contributed by atoms with E-state index in [4.69, 9.17) is 11.6 Å². The summed E-state index contributed by atoms with van der Waals surface area (Å²) in [5.41, 5.74) is 3.06. The molecule has 226 valence electrons. The molecule has 3 rings (SSSR count). The number of halogens is 2. The quantitative estimate of drug-likeness (QED) is 0.211. The summed E-state index contributed by atoms with van der Waals surface area (Å²) in [6.45, 7) is 6.08. The molecular formula is C32H39BrClN3O4S. The molecule has 10 heteroatoms. The van der Waals surface area contributed by atoms with Gasteiger partial charge in [0.15, 0.2) is 0 Å². The van der Waals surface area contributed by atoms with Gasteiger partial charge in [0.05, 0.1) is 11.9 Å². The number of nitrogens with one attached hydrogen (secondary N) is 1. The number of rotatable bonds is 14. The van der Waals surface area contributed by atoms with Gasteiger partial charge in [-0.3, -0.25) is 13.9 Å². The number of carbonyl (C=O) groups excluding carboxylic acids is 2. The van der Waals surface area contributed by atoms with Crippen molar-refractivity contribution in [1.82, 2.24) is 10.2 Å². The number of anilines is 1. The van der Waals surface area contributed by atoms with Crippen LogP contribution in [0.4, 0.5) is 5.69 Å². The van der Waals surface area contributed by atoms with Crippen molar-refractivity contribution in [3.63, 3.8) is 0 Å². The molecule has 0 aliphatic rings. The van der Waals surface area contributed by atoms with E-state index in [1.165, 1.54) is 4.31 Å². The molecule has 0 saturated heterocycles. The topological polar surface area (TPSA) is 86.8 Å². The Morgan fingerprint density at radius 3 is 2.33 bits per heavy atom. The van der Waals surface area contributed by atoms with Crippen LogP contribution in [0.1, 0.15) is 49.8 Å². The molecule has 2 atom stereocenters. The molecule has 0 heterocycles. The van der Waals surface area contributed by atoms with Gasteiger partial charge in [0.1, 0.15) is 6.04 Å². The highest BCUT2D eigenvalue weighted by molar-refractivity contribution is 9.10. The molecule has 2 amide bonds. The number of sulfonamides is 1. The number of amides is 2. The number of aryl methyl sites for hydroxylation is 1. The molecule has 1 N–H and O–H groups in total. The minimum Gasteiger partial charge on any atom is -0.352 e. The van der Waals surface area contributed by atoms with E-state index in [9.17, 15) is 18.0 Å². The van der Waals surface area contributed by atoms with Crippen molar-refractivity contribution < 1.29 is 18.0 Å². The molecule has 0 aromatic heterocycles. The third-order valence-corrected chi connectivity index (χ3v) is 9.01. The fraction of sp³-hybridized carbons (Fsp3) is 0.375. The molecule has 0 saturated carbocycles. The van der Waals surface area contributed by atoms with Gasteiger partial charge in [0.25, 0.3) is 0 Å². The minimum atomic E-state index is -3.64. The Balaban J connectivity index is 1.91. The molecule has 7 nitrogen and oxygen atoms in total. The number of carbonyl (C=O) groups is 2. The van der Waals surface area contributed by atoms with E-state index in [0.717, 1.165) is 33.8 Å². The van der Waals surface area contributed by atoms with Crippen LogP contribution in [0.15, 0.2) is 77.3 Å². The van der Waals surface area contributed by atoms with Crippen molar-refractivity contribution in [2.75, 3.05) is 17.1 Å². The molecule has 3 aromatic carbocycles. The summed E-state index contributed by atoms with van der Waals surface area (Å²) in [4.78, 5) is 29.3. The molecule has 0 bridgehead atoms. The molecule has 0 spiro atoms. The second-order valence-corrected chi connectivity index (χ2v) is 13.8. The highest BCUT2D eigenvalue weighted by atomic mass is 79.9. The normalized spacial score (nSPS) is 12.8. The lowest BCUT2D eigenvalue weighted by atomic mass is 10.0. The van der Waals surface area contributed by atoms with Crippen LogP contribution in [-0.4, -0.2) is 50.0 Å². The van der Waals surface area contributed by atoms with E-state index in [0.29, 0.717) is 17.1 Å². The Morgan fingerprint density at radius 1 is 1.00 bits per heavy atom. The smallest absolute Gasteiger partial charge is 0.243 e. The standard InChI is InChI=1S/C32H39BrClN3O4S/c1-5-24(3)35-32(39)30(20-25-11-7-6-8-12-25)36(22-26-13-9-14-27(33)19-26)31(38)15-10-18-37(42(4,40)41)29-21-28(34)17-16-23(29)2/h6-9,11-14,16-17,19,21,24,30H,5,10,15,18,20,22H2,1-4H3,(H,35,39). The first-order valence-electron chi connectivity index (χ1n) is 14.0. The van der Waals surface area contributed by atoms with Gasteiger partial charge in [-0.05, 0) is 67.6 Å². The molecule has 0 aliphatic carbocycles. The number of hydrogen-bond acceptors (Lipinski definition) is 4. The molecule has 2 unspecified atom stereocenters. The fourth-order valence-electron chi connectivity index (χ4n) is 4.66. The lowest BCUT2D eigenvalue weighted by Gasteiger charge is -2.33. The molecule has 3 aromatic rings. The number of hydrogen-bond donors (Lipinski definition) is 1. The van der Waals surface area contributed by atoms with Crippen LogP contribution in [0, 0.1) is 6.92 Å². The average Bonchev–Trinajstić information content (AvgIpc) is 2.94. The first-order valence-corrected chi connectivity index (χ1v) is 17.0. The van der Waals surface area contributed by atoms with Crippen LogP contribution in [0.3, 0.4) is 0 Å². The van der Waals surface area contributed by atoms with E-state index in [1.807, 2.05) is 75.4 Å². The van der Waals surface area contributed by atoms with Crippen LogP contribution in [0.5, 0.6) is 0 Å². The molecule has 0 radical (unpaired) electrons. The Hall–Kier alpha value is -2.88.